The summed E-state index contributed by atoms with van der Waals surface area (Å²) in [5.74, 6) is 0.932. The van der Waals surface area contributed by atoms with Crippen LogP contribution in [-0.2, 0) is 6.54 Å². The molecule has 162 valence electrons. The standard InChI is InChI=1S/C25H32N6/c1-4-10-21(11-5-1)20-31-25(26-27-28-31)24(22-12-6-2-7-13-22)30-18-16-29(17-19-30)23-14-8-3-9-15-23/h1-2,4-7,10-13,23-24H,3,8-9,14-20H2/t24-/m1/s1. The normalized spacial score (nSPS) is 20.0. The predicted octanol–water partition coefficient (Wildman–Crippen LogP) is 3.76. The van der Waals surface area contributed by atoms with Crippen LogP contribution in [0, 0.1) is 0 Å². The van der Waals surface area contributed by atoms with Crippen molar-refractivity contribution in [3.8, 4) is 0 Å². The van der Waals surface area contributed by atoms with Crippen LogP contribution < -0.4 is 0 Å². The molecule has 1 atom stereocenters. The van der Waals surface area contributed by atoms with Crippen molar-refractivity contribution in [2.45, 2.75) is 50.7 Å². The van der Waals surface area contributed by atoms with Gasteiger partial charge in [0.15, 0.2) is 5.82 Å². The summed E-state index contributed by atoms with van der Waals surface area (Å²) in [6.45, 7) is 5.06. The molecule has 31 heavy (non-hydrogen) atoms. The van der Waals surface area contributed by atoms with E-state index in [1.807, 2.05) is 10.7 Å². The molecule has 1 aliphatic heterocycles. The van der Waals surface area contributed by atoms with Crippen LogP contribution in [-0.4, -0.2) is 62.2 Å². The average Bonchev–Trinajstić information content (AvgIpc) is 3.29. The summed E-state index contributed by atoms with van der Waals surface area (Å²) in [6, 6.07) is 22.0. The van der Waals surface area contributed by atoms with E-state index in [2.05, 4.69) is 79.9 Å². The van der Waals surface area contributed by atoms with E-state index in [9.17, 15) is 0 Å². The lowest BCUT2D eigenvalue weighted by Crippen LogP contribution is -2.52. The first-order valence-electron chi connectivity index (χ1n) is 11.7. The van der Waals surface area contributed by atoms with Gasteiger partial charge >= 0.3 is 0 Å². The highest BCUT2D eigenvalue weighted by atomic mass is 15.6. The largest absolute Gasteiger partial charge is 0.298 e. The van der Waals surface area contributed by atoms with Crippen LogP contribution in [0.15, 0.2) is 60.7 Å². The van der Waals surface area contributed by atoms with E-state index in [1.54, 1.807) is 0 Å². The van der Waals surface area contributed by atoms with Gasteiger partial charge in [0.25, 0.3) is 0 Å². The van der Waals surface area contributed by atoms with Crippen molar-refractivity contribution in [1.82, 2.24) is 30.0 Å². The number of hydrogen-bond donors (Lipinski definition) is 0. The van der Waals surface area contributed by atoms with Gasteiger partial charge in [-0.05, 0) is 34.4 Å². The quantitative estimate of drug-likeness (QED) is 0.612. The molecule has 6 heteroatoms. The molecular weight excluding hydrogens is 384 g/mol. The molecule has 0 N–H and O–H groups in total. The zero-order chi connectivity index (χ0) is 20.9. The molecule has 3 aromatic rings. The van der Waals surface area contributed by atoms with Gasteiger partial charge in [-0.1, -0.05) is 79.9 Å². The number of hydrogen-bond acceptors (Lipinski definition) is 5. The van der Waals surface area contributed by atoms with Crippen molar-refractivity contribution in [2.24, 2.45) is 0 Å². The Morgan fingerprint density at radius 2 is 1.48 bits per heavy atom. The summed E-state index contributed by atoms with van der Waals surface area (Å²) in [4.78, 5) is 5.30. The van der Waals surface area contributed by atoms with Gasteiger partial charge in [0.2, 0.25) is 0 Å². The number of tetrazole rings is 1. The Bertz CT molecular complexity index is 927. The lowest BCUT2D eigenvalue weighted by Gasteiger charge is -2.43. The SMILES string of the molecule is c1ccc(Cn2nnnc2[C@@H](c2ccccc2)N2CCN(C3CCCCC3)CC2)cc1. The van der Waals surface area contributed by atoms with Gasteiger partial charge in [-0.3, -0.25) is 9.80 Å². The lowest BCUT2D eigenvalue weighted by molar-refractivity contribution is 0.0620. The van der Waals surface area contributed by atoms with E-state index in [1.165, 1.54) is 43.2 Å². The summed E-state index contributed by atoms with van der Waals surface area (Å²) in [5.41, 5.74) is 2.47. The van der Waals surface area contributed by atoms with Crippen LogP contribution in [0.3, 0.4) is 0 Å². The molecule has 2 fully saturated rings. The third-order valence-electron chi connectivity index (χ3n) is 6.90. The van der Waals surface area contributed by atoms with Crippen molar-refractivity contribution in [3.05, 3.63) is 77.6 Å². The summed E-state index contributed by atoms with van der Waals surface area (Å²) in [6.07, 6.45) is 6.95. The maximum atomic E-state index is 4.52. The maximum absolute atomic E-state index is 4.52. The second-order valence-corrected chi connectivity index (χ2v) is 8.86. The van der Waals surface area contributed by atoms with E-state index >= 15 is 0 Å². The summed E-state index contributed by atoms with van der Waals surface area (Å²) < 4.78 is 1.97. The molecule has 0 spiro atoms. The van der Waals surface area contributed by atoms with Crippen molar-refractivity contribution < 1.29 is 0 Å². The molecule has 1 saturated heterocycles. The van der Waals surface area contributed by atoms with Gasteiger partial charge in [-0.15, -0.1) is 5.10 Å². The number of piperazine rings is 1. The first kappa shape index (κ1) is 20.3. The molecular formula is C25H32N6. The maximum Gasteiger partial charge on any atom is 0.173 e. The fraction of sp³-hybridized carbons (Fsp3) is 0.480. The smallest absolute Gasteiger partial charge is 0.173 e. The highest BCUT2D eigenvalue weighted by molar-refractivity contribution is 5.25. The number of benzene rings is 2. The molecule has 2 aromatic carbocycles. The monoisotopic (exact) mass is 416 g/mol. The van der Waals surface area contributed by atoms with E-state index in [4.69, 9.17) is 0 Å². The van der Waals surface area contributed by atoms with Gasteiger partial charge in [0.1, 0.15) is 0 Å². The molecule has 6 nitrogen and oxygen atoms in total. The van der Waals surface area contributed by atoms with Crippen LogP contribution in [0.5, 0.6) is 0 Å². The summed E-state index contributed by atoms with van der Waals surface area (Å²) in [5, 5.41) is 13.0. The number of nitrogens with zero attached hydrogens (tertiary/aromatic N) is 6. The minimum Gasteiger partial charge on any atom is -0.298 e. The Morgan fingerprint density at radius 1 is 0.806 bits per heavy atom. The lowest BCUT2D eigenvalue weighted by atomic mass is 9.93. The molecule has 0 radical (unpaired) electrons. The summed E-state index contributed by atoms with van der Waals surface area (Å²) >= 11 is 0. The fourth-order valence-corrected chi connectivity index (χ4v) is 5.24. The third kappa shape index (κ3) is 4.70. The highest BCUT2D eigenvalue weighted by Gasteiger charge is 2.32. The van der Waals surface area contributed by atoms with Crippen LogP contribution in [0.1, 0.15) is 55.1 Å². The molecule has 1 aliphatic carbocycles. The molecule has 1 saturated carbocycles. The first-order valence-corrected chi connectivity index (χ1v) is 11.7. The van der Waals surface area contributed by atoms with Crippen LogP contribution in [0.25, 0.3) is 0 Å². The van der Waals surface area contributed by atoms with E-state index in [0.29, 0.717) is 6.54 Å². The zero-order valence-corrected chi connectivity index (χ0v) is 18.2. The van der Waals surface area contributed by atoms with Crippen LogP contribution in [0.2, 0.25) is 0 Å². The highest BCUT2D eigenvalue weighted by Crippen LogP contribution is 2.30. The Kier molecular flexibility index (Phi) is 6.37. The minimum absolute atomic E-state index is 0.0772. The van der Waals surface area contributed by atoms with Gasteiger partial charge in [-0.2, -0.15) is 0 Å². The van der Waals surface area contributed by atoms with E-state index in [0.717, 1.165) is 38.0 Å². The zero-order valence-electron chi connectivity index (χ0n) is 18.2. The predicted molar refractivity (Wildman–Crippen MR) is 122 cm³/mol. The minimum atomic E-state index is 0.0772. The van der Waals surface area contributed by atoms with Crippen molar-refractivity contribution >= 4 is 0 Å². The van der Waals surface area contributed by atoms with Gasteiger partial charge in [0, 0.05) is 32.2 Å². The van der Waals surface area contributed by atoms with E-state index < -0.39 is 0 Å². The molecule has 2 aliphatic rings. The first-order chi connectivity index (χ1) is 15.4. The molecule has 1 aromatic heterocycles. The molecule has 0 unspecified atom stereocenters. The van der Waals surface area contributed by atoms with Gasteiger partial charge in [-0.25, -0.2) is 4.68 Å². The average molecular weight is 417 g/mol. The van der Waals surface area contributed by atoms with Gasteiger partial charge in [0.05, 0.1) is 12.6 Å². The van der Waals surface area contributed by atoms with Crippen molar-refractivity contribution in [1.29, 1.82) is 0 Å². The number of aromatic nitrogens is 4. The Morgan fingerprint density at radius 3 is 2.19 bits per heavy atom. The second-order valence-electron chi connectivity index (χ2n) is 8.86. The Hall–Kier alpha value is -2.57. The molecule has 5 rings (SSSR count). The van der Waals surface area contributed by atoms with Crippen LogP contribution in [0.4, 0.5) is 0 Å². The summed E-state index contributed by atoms with van der Waals surface area (Å²) in [7, 11) is 0. The molecule has 0 amide bonds. The van der Waals surface area contributed by atoms with E-state index in [-0.39, 0.29) is 6.04 Å². The van der Waals surface area contributed by atoms with Crippen LogP contribution >= 0.6 is 0 Å². The number of rotatable bonds is 6. The van der Waals surface area contributed by atoms with Crippen molar-refractivity contribution in [3.63, 3.8) is 0 Å². The Balaban J connectivity index is 1.37. The second kappa shape index (κ2) is 9.71. The topological polar surface area (TPSA) is 50.1 Å². The molecule has 0 bridgehead atoms. The molecule has 2 heterocycles. The fourth-order valence-electron chi connectivity index (χ4n) is 5.24. The van der Waals surface area contributed by atoms with Gasteiger partial charge < -0.3 is 0 Å². The third-order valence-corrected chi connectivity index (χ3v) is 6.90. The van der Waals surface area contributed by atoms with Crippen molar-refractivity contribution in [2.75, 3.05) is 26.2 Å². The Labute approximate surface area is 184 Å².